The molecule has 1 N–H and O–H groups in total. The Morgan fingerprint density at radius 2 is 2.00 bits per heavy atom. The topological polar surface area (TPSA) is 54.4 Å². The van der Waals surface area contributed by atoms with Gasteiger partial charge >= 0.3 is 44.9 Å². The van der Waals surface area contributed by atoms with Gasteiger partial charge < -0.3 is 0 Å². The molecule has 0 spiro atoms. The Kier molecular flexibility index (Phi) is 11.3. The van der Waals surface area contributed by atoms with E-state index in [9.17, 15) is 8.42 Å². The van der Waals surface area contributed by atoms with E-state index in [-0.39, 0.29) is 5.75 Å². The molecular weight excluding hydrogens is 175 g/mol. The van der Waals surface area contributed by atoms with Gasteiger partial charge in [0.2, 0.25) is 0 Å². The third-order valence-electron chi connectivity index (χ3n) is 0.828. The van der Waals surface area contributed by atoms with Crippen molar-refractivity contribution in [1.29, 1.82) is 0 Å². The molecule has 0 fully saturated rings. The Balaban J connectivity index is 0. The standard InChI is InChI=1S/C3H6O3S.C3H7.Na/c1-2-3-7(4,5)6;1-3-2;/h2H,1,3H2,(H,4,5,6);1,3H2,2H3;. The Morgan fingerprint density at radius 1 is 1.64 bits per heavy atom. The van der Waals surface area contributed by atoms with E-state index in [1.165, 1.54) is 38.0 Å². The molecule has 0 unspecified atom stereocenters. The maximum atomic E-state index is 9.72. The summed E-state index contributed by atoms with van der Waals surface area (Å²) in [6, 6.07) is 0. The van der Waals surface area contributed by atoms with Crippen LogP contribution in [0.5, 0.6) is 0 Å². The van der Waals surface area contributed by atoms with Crippen LogP contribution in [0.25, 0.3) is 0 Å². The van der Waals surface area contributed by atoms with Crippen LogP contribution < -0.4 is 0 Å². The molecule has 5 heteroatoms. The molecule has 62 valence electrons. The Labute approximate surface area is 86.0 Å². The van der Waals surface area contributed by atoms with Crippen LogP contribution >= 0.6 is 0 Å². The minimum absolute atomic E-state index is 0.368. The number of rotatable bonds is 3. The molecule has 0 aromatic heterocycles. The molecule has 0 aliphatic rings. The summed E-state index contributed by atoms with van der Waals surface area (Å²) in [7, 11) is -3.79. The average Bonchev–Trinajstić information content (AvgIpc) is 1.86. The second kappa shape index (κ2) is 8.74. The van der Waals surface area contributed by atoms with Crippen LogP contribution in [0.1, 0.15) is 13.3 Å². The van der Waals surface area contributed by atoms with Crippen LogP contribution in [-0.4, -0.2) is 46.7 Å². The minimum atomic E-state index is -3.79. The third-order valence-corrected chi connectivity index (χ3v) is 2.49. The Hall–Kier alpha value is 0.650. The van der Waals surface area contributed by atoms with Gasteiger partial charge in [-0.05, 0) is 0 Å². The van der Waals surface area contributed by atoms with E-state index in [1.807, 2.05) is 0 Å². The van der Waals surface area contributed by atoms with E-state index in [4.69, 9.17) is 4.55 Å². The summed E-state index contributed by atoms with van der Waals surface area (Å²) in [5.74, 6) is -0.368. The molecule has 0 aliphatic carbocycles. The predicted molar refractivity (Wildman–Crippen MR) is 47.5 cm³/mol. The van der Waals surface area contributed by atoms with Crippen molar-refractivity contribution in [1.82, 2.24) is 0 Å². The summed E-state index contributed by atoms with van der Waals surface area (Å²) in [6.07, 6.45) is 2.50. The molecule has 0 saturated heterocycles. The number of hydrogen-bond donors (Lipinski definition) is 1. The summed E-state index contributed by atoms with van der Waals surface area (Å²) in [5.41, 5.74) is 0. The fourth-order valence-corrected chi connectivity index (χ4v) is 0.447. The van der Waals surface area contributed by atoms with E-state index in [1.54, 1.807) is 0 Å². The van der Waals surface area contributed by atoms with Gasteiger partial charge in [0, 0.05) is 0 Å². The zero-order valence-corrected chi connectivity index (χ0v) is 9.89. The van der Waals surface area contributed by atoms with Gasteiger partial charge in [0.05, 0.1) is 5.75 Å². The first-order valence-electron chi connectivity index (χ1n) is 3.54. The zero-order chi connectivity index (χ0) is 9.33. The summed E-state index contributed by atoms with van der Waals surface area (Å²) in [6.45, 7) is 5.32. The van der Waals surface area contributed by atoms with Gasteiger partial charge in [0.15, 0.2) is 0 Å². The Morgan fingerprint density at radius 3 is 2.00 bits per heavy atom. The quantitative estimate of drug-likeness (QED) is 0.409. The molecule has 11 heavy (non-hydrogen) atoms. The second-order valence-corrected chi connectivity index (χ2v) is 4.53. The molecule has 0 amide bonds. The molecular formula is C6H13NaO3S. The number of hydrogen-bond acceptors (Lipinski definition) is 2. The van der Waals surface area contributed by atoms with Crippen LogP contribution in [0.2, 0.25) is 3.67 Å². The first-order valence-corrected chi connectivity index (χ1v) is 6.56. The average molecular weight is 188 g/mol. The molecule has 0 aromatic rings. The molecule has 0 heterocycles. The van der Waals surface area contributed by atoms with Gasteiger partial charge in [0.25, 0.3) is 10.1 Å². The molecule has 0 atom stereocenters. The van der Waals surface area contributed by atoms with Gasteiger partial charge in [0.1, 0.15) is 0 Å². The molecule has 3 nitrogen and oxygen atoms in total. The fourth-order valence-electron chi connectivity index (χ4n) is 0.149. The Bertz CT molecular complexity index is 172. The van der Waals surface area contributed by atoms with Crippen molar-refractivity contribution in [2.45, 2.75) is 17.0 Å². The van der Waals surface area contributed by atoms with E-state index < -0.39 is 10.1 Å². The van der Waals surface area contributed by atoms with Crippen molar-refractivity contribution in [2.24, 2.45) is 0 Å². The summed E-state index contributed by atoms with van der Waals surface area (Å²) in [4.78, 5) is 0. The molecule has 0 aromatic carbocycles. The third kappa shape index (κ3) is 25.0. The van der Waals surface area contributed by atoms with Crippen molar-refractivity contribution in [3.05, 3.63) is 12.7 Å². The van der Waals surface area contributed by atoms with Crippen LogP contribution in [0.4, 0.5) is 0 Å². The van der Waals surface area contributed by atoms with E-state index in [0.29, 0.717) is 0 Å². The molecule has 0 rings (SSSR count). The molecule has 0 bridgehead atoms. The van der Waals surface area contributed by atoms with E-state index in [2.05, 4.69) is 13.5 Å². The van der Waals surface area contributed by atoms with Crippen molar-refractivity contribution in [2.75, 3.05) is 5.75 Å². The summed E-state index contributed by atoms with van der Waals surface area (Å²) >= 11 is 1.39. The van der Waals surface area contributed by atoms with Crippen molar-refractivity contribution < 1.29 is 13.0 Å². The van der Waals surface area contributed by atoms with Gasteiger partial charge in [-0.15, -0.1) is 6.58 Å². The van der Waals surface area contributed by atoms with Gasteiger partial charge in [-0.25, -0.2) is 0 Å². The van der Waals surface area contributed by atoms with Gasteiger partial charge in [-0.3, -0.25) is 4.55 Å². The monoisotopic (exact) mass is 188 g/mol. The van der Waals surface area contributed by atoms with Gasteiger partial charge in [-0.1, -0.05) is 6.08 Å². The fraction of sp³-hybridized carbons (Fsp3) is 0.667. The van der Waals surface area contributed by atoms with Crippen molar-refractivity contribution in [3.63, 3.8) is 0 Å². The van der Waals surface area contributed by atoms with Crippen LogP contribution in [0.15, 0.2) is 12.7 Å². The van der Waals surface area contributed by atoms with E-state index in [0.717, 1.165) is 6.08 Å². The summed E-state index contributed by atoms with van der Waals surface area (Å²) in [5, 5.41) is 0. The first kappa shape index (κ1) is 14.2. The first-order chi connectivity index (χ1) is 4.97. The van der Waals surface area contributed by atoms with Crippen molar-refractivity contribution in [3.8, 4) is 0 Å². The predicted octanol–water partition coefficient (Wildman–Crippen LogP) is 1.04. The maximum absolute atomic E-state index is 9.72. The molecule has 0 saturated carbocycles. The van der Waals surface area contributed by atoms with Gasteiger partial charge in [-0.2, -0.15) is 8.42 Å². The molecule has 0 aliphatic heterocycles. The van der Waals surface area contributed by atoms with Crippen LogP contribution in [0.3, 0.4) is 0 Å². The van der Waals surface area contributed by atoms with Crippen LogP contribution in [-0.2, 0) is 10.1 Å². The summed E-state index contributed by atoms with van der Waals surface area (Å²) < 4.78 is 28.8. The van der Waals surface area contributed by atoms with Crippen molar-refractivity contribution >= 4 is 38.0 Å². The second-order valence-electron chi connectivity index (χ2n) is 2.04. The normalized spacial score (nSPS) is 9.82. The zero-order valence-electron chi connectivity index (χ0n) is 7.08. The van der Waals surface area contributed by atoms with Crippen LogP contribution in [0, 0.1) is 0 Å². The van der Waals surface area contributed by atoms with E-state index >= 15 is 0 Å². The molecule has 0 radical (unpaired) electrons. The SMILES string of the molecule is C=CCS(=O)(=O)O.CC[CH2][Na].